The van der Waals surface area contributed by atoms with E-state index in [2.05, 4.69) is 5.32 Å². The molecule has 1 heterocycles. The zero-order valence-electron chi connectivity index (χ0n) is 17.5. The Bertz CT molecular complexity index is 832. The molecule has 1 aliphatic rings. The van der Waals surface area contributed by atoms with Gasteiger partial charge in [0.25, 0.3) is 0 Å². The van der Waals surface area contributed by atoms with Crippen LogP contribution in [0.1, 0.15) is 44.7 Å². The van der Waals surface area contributed by atoms with Crippen LogP contribution in [-0.4, -0.2) is 32.3 Å². The van der Waals surface area contributed by atoms with E-state index in [-0.39, 0.29) is 17.6 Å². The van der Waals surface area contributed by atoms with Gasteiger partial charge in [0.2, 0.25) is 5.91 Å². The lowest BCUT2D eigenvalue weighted by molar-refractivity contribution is -0.122. The Morgan fingerprint density at radius 1 is 1.07 bits per heavy atom. The highest BCUT2D eigenvalue weighted by Gasteiger charge is 2.34. The van der Waals surface area contributed by atoms with Crippen LogP contribution in [0.2, 0.25) is 0 Å². The van der Waals surface area contributed by atoms with E-state index in [1.54, 1.807) is 14.2 Å². The summed E-state index contributed by atoms with van der Waals surface area (Å²) in [6, 6.07) is 13.0. The molecule has 0 saturated carbocycles. The van der Waals surface area contributed by atoms with Crippen molar-refractivity contribution in [2.24, 2.45) is 0 Å². The van der Waals surface area contributed by atoms with Crippen LogP contribution in [0.4, 0.5) is 0 Å². The van der Waals surface area contributed by atoms with Crippen molar-refractivity contribution in [3.8, 4) is 23.0 Å². The molecule has 156 valence electrons. The fourth-order valence-electron chi connectivity index (χ4n) is 3.45. The zero-order chi connectivity index (χ0) is 20.9. The maximum Gasteiger partial charge on any atom is 0.220 e. The highest BCUT2D eigenvalue weighted by Crippen LogP contribution is 2.41. The van der Waals surface area contributed by atoms with Crippen LogP contribution < -0.4 is 24.3 Å². The number of fused-ring (bicyclic) bond motifs is 1. The van der Waals surface area contributed by atoms with Crippen LogP contribution in [0.25, 0.3) is 0 Å². The Hall–Kier alpha value is -2.89. The normalized spacial score (nSPS) is 16.9. The van der Waals surface area contributed by atoms with Crippen LogP contribution in [0.15, 0.2) is 42.5 Å². The molecule has 0 unspecified atom stereocenters. The van der Waals surface area contributed by atoms with Gasteiger partial charge in [-0.2, -0.15) is 0 Å². The Morgan fingerprint density at radius 2 is 1.72 bits per heavy atom. The smallest absolute Gasteiger partial charge is 0.220 e. The van der Waals surface area contributed by atoms with E-state index in [1.807, 2.05) is 56.3 Å². The van der Waals surface area contributed by atoms with Gasteiger partial charge in [0.05, 0.1) is 26.9 Å². The molecular formula is C23H29NO5. The number of amides is 1. The van der Waals surface area contributed by atoms with Gasteiger partial charge < -0.3 is 24.3 Å². The van der Waals surface area contributed by atoms with E-state index < -0.39 is 0 Å². The molecule has 6 nitrogen and oxygen atoms in total. The van der Waals surface area contributed by atoms with Crippen LogP contribution in [0.5, 0.6) is 23.0 Å². The van der Waals surface area contributed by atoms with E-state index in [0.29, 0.717) is 25.9 Å². The standard InChI is InChI=1S/C23H29NO5/c1-23(2)15-20(19-12-11-18(27-4)14-21(19)29-23)24-22(25)6-5-13-28-17-9-7-16(26-3)8-10-17/h7-12,14,20H,5-6,13,15H2,1-4H3,(H,24,25)/t20-/m1/s1. The molecule has 1 aliphatic heterocycles. The third-order valence-electron chi connectivity index (χ3n) is 4.89. The van der Waals surface area contributed by atoms with Gasteiger partial charge in [0.1, 0.15) is 28.6 Å². The van der Waals surface area contributed by atoms with Crippen molar-refractivity contribution in [1.29, 1.82) is 0 Å². The third kappa shape index (κ3) is 5.56. The molecule has 1 N–H and O–H groups in total. The van der Waals surface area contributed by atoms with Gasteiger partial charge in [-0.25, -0.2) is 0 Å². The van der Waals surface area contributed by atoms with Gasteiger partial charge in [-0.15, -0.1) is 0 Å². The highest BCUT2D eigenvalue weighted by molar-refractivity contribution is 5.76. The minimum atomic E-state index is -0.366. The molecule has 1 amide bonds. The second kappa shape index (κ2) is 9.07. The lowest BCUT2D eigenvalue weighted by atomic mass is 9.89. The molecule has 0 fully saturated rings. The quantitative estimate of drug-likeness (QED) is 0.671. The predicted octanol–water partition coefficient (Wildman–Crippen LogP) is 4.28. The average Bonchev–Trinajstić information content (AvgIpc) is 2.70. The minimum absolute atomic E-state index is 0.00722. The van der Waals surface area contributed by atoms with Gasteiger partial charge >= 0.3 is 0 Å². The van der Waals surface area contributed by atoms with Gasteiger partial charge in [0.15, 0.2) is 0 Å². The molecule has 1 atom stereocenters. The van der Waals surface area contributed by atoms with Gasteiger partial charge in [-0.1, -0.05) is 0 Å². The SMILES string of the molecule is COc1ccc(OCCCC(=O)N[C@@H]2CC(C)(C)Oc3cc(OC)ccc32)cc1. The number of methoxy groups -OCH3 is 2. The average molecular weight is 399 g/mol. The summed E-state index contributed by atoms with van der Waals surface area (Å²) in [6.45, 7) is 4.53. The number of carbonyl (C=O) groups is 1. The highest BCUT2D eigenvalue weighted by atomic mass is 16.5. The first-order valence-corrected chi connectivity index (χ1v) is 9.83. The van der Waals surface area contributed by atoms with Crippen molar-refractivity contribution >= 4 is 5.91 Å². The number of rotatable bonds is 8. The maximum atomic E-state index is 12.5. The van der Waals surface area contributed by atoms with Crippen molar-refractivity contribution in [1.82, 2.24) is 5.32 Å². The Balaban J connectivity index is 1.52. The summed E-state index contributed by atoms with van der Waals surface area (Å²) in [7, 11) is 3.26. The van der Waals surface area contributed by atoms with Crippen molar-refractivity contribution in [2.75, 3.05) is 20.8 Å². The first-order valence-electron chi connectivity index (χ1n) is 9.83. The van der Waals surface area contributed by atoms with Crippen LogP contribution in [-0.2, 0) is 4.79 Å². The van der Waals surface area contributed by atoms with E-state index >= 15 is 0 Å². The largest absolute Gasteiger partial charge is 0.497 e. The van der Waals surface area contributed by atoms with E-state index in [1.165, 1.54) is 0 Å². The molecule has 6 heteroatoms. The minimum Gasteiger partial charge on any atom is -0.497 e. The number of hydrogen-bond acceptors (Lipinski definition) is 5. The topological polar surface area (TPSA) is 66.0 Å². The third-order valence-corrected chi connectivity index (χ3v) is 4.89. The summed E-state index contributed by atoms with van der Waals surface area (Å²) in [5, 5.41) is 3.15. The van der Waals surface area contributed by atoms with Crippen LogP contribution in [0, 0.1) is 0 Å². The summed E-state index contributed by atoms with van der Waals surface area (Å²) in [4.78, 5) is 12.5. The zero-order valence-corrected chi connectivity index (χ0v) is 17.5. The molecule has 0 saturated heterocycles. The first-order chi connectivity index (χ1) is 13.9. The number of ether oxygens (including phenoxy) is 4. The summed E-state index contributed by atoms with van der Waals surface area (Å²) < 4.78 is 22.2. The van der Waals surface area contributed by atoms with Gasteiger partial charge in [-0.3, -0.25) is 4.79 Å². The molecule has 0 aliphatic carbocycles. The van der Waals surface area contributed by atoms with Crippen LogP contribution >= 0.6 is 0 Å². The second-order valence-electron chi connectivity index (χ2n) is 7.72. The van der Waals surface area contributed by atoms with Crippen molar-refractivity contribution in [3.63, 3.8) is 0 Å². The molecule has 0 spiro atoms. The molecule has 2 aromatic rings. The van der Waals surface area contributed by atoms with E-state index in [0.717, 1.165) is 28.6 Å². The molecule has 0 aromatic heterocycles. The fourth-order valence-corrected chi connectivity index (χ4v) is 3.45. The van der Waals surface area contributed by atoms with E-state index in [4.69, 9.17) is 18.9 Å². The second-order valence-corrected chi connectivity index (χ2v) is 7.72. The van der Waals surface area contributed by atoms with Gasteiger partial charge in [0, 0.05) is 24.5 Å². The summed E-state index contributed by atoms with van der Waals surface area (Å²) in [6.07, 6.45) is 1.75. The predicted molar refractivity (Wildman–Crippen MR) is 111 cm³/mol. The Kier molecular flexibility index (Phi) is 6.52. The number of carbonyl (C=O) groups excluding carboxylic acids is 1. The molecule has 0 radical (unpaired) electrons. The van der Waals surface area contributed by atoms with Crippen LogP contribution in [0.3, 0.4) is 0 Å². The monoisotopic (exact) mass is 399 g/mol. The number of benzene rings is 2. The van der Waals surface area contributed by atoms with Crippen molar-refractivity contribution < 1.29 is 23.7 Å². The van der Waals surface area contributed by atoms with Gasteiger partial charge in [-0.05, 0) is 56.7 Å². The molecular weight excluding hydrogens is 370 g/mol. The Labute approximate surface area is 172 Å². The lowest BCUT2D eigenvalue weighted by Gasteiger charge is -2.38. The maximum absolute atomic E-state index is 12.5. The molecule has 3 rings (SSSR count). The lowest BCUT2D eigenvalue weighted by Crippen LogP contribution is -2.41. The van der Waals surface area contributed by atoms with Crippen molar-refractivity contribution in [2.45, 2.75) is 44.8 Å². The Morgan fingerprint density at radius 3 is 2.41 bits per heavy atom. The molecule has 0 bridgehead atoms. The summed E-state index contributed by atoms with van der Waals surface area (Å²) in [5.41, 5.74) is 0.613. The first kappa shape index (κ1) is 20.8. The fraction of sp³-hybridized carbons (Fsp3) is 0.435. The van der Waals surface area contributed by atoms with E-state index in [9.17, 15) is 4.79 Å². The van der Waals surface area contributed by atoms with Crippen molar-refractivity contribution in [3.05, 3.63) is 48.0 Å². The number of nitrogens with one attached hydrogen (secondary N) is 1. The summed E-state index contributed by atoms with van der Waals surface area (Å²) >= 11 is 0. The summed E-state index contributed by atoms with van der Waals surface area (Å²) in [5.74, 6) is 3.05. The molecule has 29 heavy (non-hydrogen) atoms. The number of hydrogen-bond donors (Lipinski definition) is 1. The molecule has 2 aromatic carbocycles.